The van der Waals surface area contributed by atoms with Crippen molar-refractivity contribution in [1.82, 2.24) is 4.90 Å². The summed E-state index contributed by atoms with van der Waals surface area (Å²) in [5.74, 6) is 0.129. The highest BCUT2D eigenvalue weighted by molar-refractivity contribution is 5.93. The van der Waals surface area contributed by atoms with Gasteiger partial charge in [0, 0.05) is 12.2 Å². The second-order valence-corrected chi connectivity index (χ2v) is 6.66. The van der Waals surface area contributed by atoms with E-state index < -0.39 is 11.7 Å². The minimum Gasteiger partial charge on any atom is -0.325 e. The first-order valence-corrected chi connectivity index (χ1v) is 8.40. The number of anilines is 1. The largest absolute Gasteiger partial charge is 0.416 e. The molecule has 6 heteroatoms. The number of rotatable bonds is 6. The second kappa shape index (κ2) is 8.36. The van der Waals surface area contributed by atoms with Crippen molar-refractivity contribution in [2.24, 2.45) is 0 Å². The molecule has 0 aliphatic heterocycles. The third-order valence-electron chi connectivity index (χ3n) is 4.00. The number of hydrogen-bond donors (Lipinski definition) is 1. The second-order valence-electron chi connectivity index (χ2n) is 6.66. The van der Waals surface area contributed by atoms with Crippen molar-refractivity contribution in [3.63, 3.8) is 0 Å². The minimum absolute atomic E-state index is 0.146. The number of amides is 1. The predicted molar refractivity (Wildman–Crippen MR) is 96.9 cm³/mol. The van der Waals surface area contributed by atoms with Crippen molar-refractivity contribution in [3.8, 4) is 0 Å². The molecule has 1 amide bonds. The smallest absolute Gasteiger partial charge is 0.325 e. The number of nitrogens with zero attached hydrogens (tertiary/aromatic N) is 1. The number of alkyl halides is 3. The summed E-state index contributed by atoms with van der Waals surface area (Å²) in [6.07, 6.45) is -4.34. The molecule has 0 radical (unpaired) electrons. The highest BCUT2D eigenvalue weighted by Crippen LogP contribution is 2.29. The van der Waals surface area contributed by atoms with Crippen molar-refractivity contribution >= 4 is 11.6 Å². The molecule has 2 aromatic carbocycles. The Labute approximate surface area is 151 Å². The van der Waals surface area contributed by atoms with Crippen LogP contribution in [0, 0.1) is 0 Å². The van der Waals surface area contributed by atoms with Gasteiger partial charge in [0.05, 0.1) is 12.1 Å². The number of hydrogen-bond acceptors (Lipinski definition) is 2. The zero-order valence-electron chi connectivity index (χ0n) is 15.1. The first-order valence-electron chi connectivity index (χ1n) is 8.40. The summed E-state index contributed by atoms with van der Waals surface area (Å²) in [4.78, 5) is 14.0. The quantitative estimate of drug-likeness (QED) is 0.791. The average molecular weight is 364 g/mol. The Morgan fingerprint density at radius 1 is 1.08 bits per heavy atom. The Balaban J connectivity index is 1.93. The lowest BCUT2D eigenvalue weighted by Crippen LogP contribution is -2.30. The summed E-state index contributed by atoms with van der Waals surface area (Å²) in [5, 5.41) is 2.91. The average Bonchev–Trinajstić information content (AvgIpc) is 2.54. The lowest BCUT2D eigenvalue weighted by atomic mass is 10.0. The van der Waals surface area contributed by atoms with Crippen LogP contribution in [-0.2, 0) is 17.5 Å². The number of carbonyl (C=O) groups is 1. The number of carbonyl (C=O) groups excluding carboxylic acids is 1. The molecule has 0 aliphatic carbocycles. The molecule has 26 heavy (non-hydrogen) atoms. The van der Waals surface area contributed by atoms with Gasteiger partial charge in [-0.05, 0) is 42.3 Å². The molecule has 0 spiro atoms. The van der Waals surface area contributed by atoms with Gasteiger partial charge in [0.25, 0.3) is 0 Å². The Morgan fingerprint density at radius 2 is 1.69 bits per heavy atom. The Morgan fingerprint density at radius 3 is 2.27 bits per heavy atom. The van der Waals surface area contributed by atoms with E-state index in [-0.39, 0.29) is 18.4 Å². The molecule has 0 saturated heterocycles. The molecule has 0 heterocycles. The highest BCUT2D eigenvalue weighted by atomic mass is 19.4. The first kappa shape index (κ1) is 20.0. The van der Waals surface area contributed by atoms with Crippen LogP contribution in [0.4, 0.5) is 18.9 Å². The SMILES string of the molecule is CC(C)c1ccccc1NC(=O)CN(C)Cc1ccc(C(F)(F)F)cc1. The van der Waals surface area contributed by atoms with Gasteiger partial charge in [-0.3, -0.25) is 9.69 Å². The van der Waals surface area contributed by atoms with E-state index in [9.17, 15) is 18.0 Å². The van der Waals surface area contributed by atoms with Gasteiger partial charge in [0.2, 0.25) is 5.91 Å². The van der Waals surface area contributed by atoms with E-state index in [1.54, 1.807) is 11.9 Å². The Hall–Kier alpha value is -2.34. The van der Waals surface area contributed by atoms with E-state index in [1.807, 2.05) is 24.3 Å². The zero-order chi connectivity index (χ0) is 19.3. The number of likely N-dealkylation sites (N-methyl/N-ethyl adjacent to an activating group) is 1. The Kier molecular flexibility index (Phi) is 6.42. The minimum atomic E-state index is -4.34. The summed E-state index contributed by atoms with van der Waals surface area (Å²) < 4.78 is 37.8. The maximum absolute atomic E-state index is 12.6. The fourth-order valence-electron chi connectivity index (χ4n) is 2.72. The number of para-hydroxylation sites is 1. The zero-order valence-corrected chi connectivity index (χ0v) is 15.1. The van der Waals surface area contributed by atoms with Gasteiger partial charge in [0.15, 0.2) is 0 Å². The van der Waals surface area contributed by atoms with E-state index in [0.29, 0.717) is 6.54 Å². The van der Waals surface area contributed by atoms with E-state index in [1.165, 1.54) is 12.1 Å². The van der Waals surface area contributed by atoms with E-state index in [4.69, 9.17) is 0 Å². The Bertz CT molecular complexity index is 739. The van der Waals surface area contributed by atoms with Crippen LogP contribution in [0.25, 0.3) is 0 Å². The topological polar surface area (TPSA) is 32.3 Å². The van der Waals surface area contributed by atoms with E-state index in [0.717, 1.165) is 28.9 Å². The van der Waals surface area contributed by atoms with Crippen LogP contribution in [0.5, 0.6) is 0 Å². The summed E-state index contributed by atoms with van der Waals surface area (Å²) in [7, 11) is 1.76. The van der Waals surface area contributed by atoms with Crippen molar-refractivity contribution in [2.75, 3.05) is 18.9 Å². The van der Waals surface area contributed by atoms with Crippen molar-refractivity contribution in [1.29, 1.82) is 0 Å². The monoisotopic (exact) mass is 364 g/mol. The molecule has 140 valence electrons. The number of nitrogens with one attached hydrogen (secondary N) is 1. The van der Waals surface area contributed by atoms with Crippen LogP contribution >= 0.6 is 0 Å². The van der Waals surface area contributed by atoms with Crippen molar-refractivity contribution in [2.45, 2.75) is 32.5 Å². The van der Waals surface area contributed by atoms with Crippen LogP contribution in [-0.4, -0.2) is 24.4 Å². The summed E-state index contributed by atoms with van der Waals surface area (Å²) >= 11 is 0. The van der Waals surface area contributed by atoms with Crippen molar-refractivity contribution < 1.29 is 18.0 Å². The molecule has 0 aromatic heterocycles. The molecule has 3 nitrogen and oxygen atoms in total. The maximum atomic E-state index is 12.6. The van der Waals surface area contributed by atoms with Gasteiger partial charge < -0.3 is 5.32 Å². The third-order valence-corrected chi connectivity index (χ3v) is 4.00. The van der Waals surface area contributed by atoms with Gasteiger partial charge in [0.1, 0.15) is 0 Å². The molecule has 0 unspecified atom stereocenters. The summed E-state index contributed by atoms with van der Waals surface area (Å²) in [5.41, 5.74) is 1.89. The normalized spacial score (nSPS) is 11.8. The van der Waals surface area contributed by atoms with Crippen LogP contribution in [0.15, 0.2) is 48.5 Å². The summed E-state index contributed by atoms with van der Waals surface area (Å²) in [6.45, 7) is 4.65. The number of benzene rings is 2. The molecule has 0 fully saturated rings. The molecule has 2 aromatic rings. The first-order chi connectivity index (χ1) is 12.2. The van der Waals surface area contributed by atoms with Crippen LogP contribution in [0.2, 0.25) is 0 Å². The van der Waals surface area contributed by atoms with Crippen molar-refractivity contribution in [3.05, 3.63) is 65.2 Å². The molecule has 0 atom stereocenters. The van der Waals surface area contributed by atoms with Gasteiger partial charge in [-0.15, -0.1) is 0 Å². The van der Waals surface area contributed by atoms with Gasteiger partial charge in [-0.1, -0.05) is 44.2 Å². The van der Waals surface area contributed by atoms with Gasteiger partial charge in [-0.25, -0.2) is 0 Å². The highest BCUT2D eigenvalue weighted by Gasteiger charge is 2.29. The molecular weight excluding hydrogens is 341 g/mol. The molecule has 2 rings (SSSR count). The molecule has 0 aliphatic rings. The van der Waals surface area contributed by atoms with E-state index >= 15 is 0 Å². The molecule has 1 N–H and O–H groups in total. The van der Waals surface area contributed by atoms with Crippen LogP contribution < -0.4 is 5.32 Å². The van der Waals surface area contributed by atoms with Crippen LogP contribution in [0.3, 0.4) is 0 Å². The molecule has 0 bridgehead atoms. The fourth-order valence-corrected chi connectivity index (χ4v) is 2.72. The number of halogens is 3. The van der Waals surface area contributed by atoms with Gasteiger partial charge in [-0.2, -0.15) is 13.2 Å². The maximum Gasteiger partial charge on any atom is 0.416 e. The predicted octanol–water partition coefficient (Wildman–Crippen LogP) is 4.90. The third kappa shape index (κ3) is 5.59. The lowest BCUT2D eigenvalue weighted by Gasteiger charge is -2.18. The fraction of sp³-hybridized carbons (Fsp3) is 0.350. The summed E-state index contributed by atoms with van der Waals surface area (Å²) in [6, 6.07) is 12.6. The molecular formula is C20H23F3N2O. The standard InChI is InChI=1S/C20H23F3N2O/c1-14(2)17-6-4-5-7-18(17)24-19(26)13-25(3)12-15-8-10-16(11-9-15)20(21,22)23/h4-11,14H,12-13H2,1-3H3,(H,24,26). The lowest BCUT2D eigenvalue weighted by molar-refractivity contribution is -0.137. The van der Waals surface area contributed by atoms with Gasteiger partial charge >= 0.3 is 6.18 Å². The molecule has 0 saturated carbocycles. The van der Waals surface area contributed by atoms with E-state index in [2.05, 4.69) is 19.2 Å². The van der Waals surface area contributed by atoms with Crippen LogP contribution in [0.1, 0.15) is 36.5 Å².